The molecule has 0 saturated heterocycles. The van der Waals surface area contributed by atoms with Gasteiger partial charge in [0.25, 0.3) is 0 Å². The Morgan fingerprint density at radius 2 is 2.23 bits per heavy atom. The fraction of sp³-hybridized carbons (Fsp3) is 0. The fourth-order valence-corrected chi connectivity index (χ4v) is 1.76. The van der Waals surface area contributed by atoms with E-state index in [0.29, 0.717) is 10.7 Å². The van der Waals surface area contributed by atoms with Crippen LogP contribution in [0.5, 0.6) is 0 Å². The first-order chi connectivity index (χ1) is 6.20. The monoisotopic (exact) mass is 256 g/mol. The summed E-state index contributed by atoms with van der Waals surface area (Å²) in [6, 6.07) is 3.70. The maximum absolute atomic E-state index is 5.94. The Morgan fingerprint density at radius 1 is 1.46 bits per heavy atom. The number of nitrogens with zero attached hydrogens (tertiary/aromatic N) is 1. The van der Waals surface area contributed by atoms with Gasteiger partial charge >= 0.3 is 0 Å². The minimum Gasteiger partial charge on any atom is -0.397 e. The summed E-state index contributed by atoms with van der Waals surface area (Å²) >= 11 is 9.26. The number of nitrogens with two attached hydrogens (primary N) is 1. The maximum Gasteiger partial charge on any atom is 0.0597 e. The highest BCUT2D eigenvalue weighted by Crippen LogP contribution is 2.34. The number of aromatic nitrogens is 1. The Hall–Kier alpha value is -0.800. The molecular weight excluding hydrogens is 251 g/mol. The number of hydrogen-bond acceptors (Lipinski definition) is 2. The lowest BCUT2D eigenvalue weighted by Gasteiger charge is -2.05. The minimum atomic E-state index is 0.609. The Labute approximate surface area is 88.8 Å². The molecular formula is C9H6BrClN2. The van der Waals surface area contributed by atoms with Crippen molar-refractivity contribution in [3.63, 3.8) is 0 Å². The molecule has 13 heavy (non-hydrogen) atoms. The second kappa shape index (κ2) is 3.16. The van der Waals surface area contributed by atoms with Gasteiger partial charge < -0.3 is 5.73 Å². The summed E-state index contributed by atoms with van der Waals surface area (Å²) in [6.45, 7) is 0. The molecule has 0 radical (unpaired) electrons. The van der Waals surface area contributed by atoms with Gasteiger partial charge in [-0.1, -0.05) is 11.6 Å². The summed E-state index contributed by atoms with van der Waals surface area (Å²) in [5.74, 6) is 0. The molecule has 0 bridgehead atoms. The molecule has 0 amide bonds. The van der Waals surface area contributed by atoms with Crippen LogP contribution in [0.15, 0.2) is 29.0 Å². The second-order valence-corrected chi connectivity index (χ2v) is 3.88. The quantitative estimate of drug-likeness (QED) is 0.736. The first-order valence-corrected chi connectivity index (χ1v) is 4.84. The van der Waals surface area contributed by atoms with Crippen LogP contribution in [0, 0.1) is 0 Å². The molecule has 2 N–H and O–H groups in total. The van der Waals surface area contributed by atoms with Gasteiger partial charge in [-0.3, -0.25) is 4.98 Å². The first kappa shape index (κ1) is 8.78. The summed E-state index contributed by atoms with van der Waals surface area (Å²) < 4.78 is 0.743. The third-order valence-corrected chi connectivity index (χ3v) is 3.25. The van der Waals surface area contributed by atoms with Crippen LogP contribution >= 0.6 is 27.5 Å². The molecule has 1 aromatic heterocycles. The van der Waals surface area contributed by atoms with Crippen molar-refractivity contribution in [3.8, 4) is 0 Å². The number of pyridine rings is 1. The van der Waals surface area contributed by atoms with Gasteiger partial charge in [-0.2, -0.15) is 0 Å². The number of anilines is 1. The van der Waals surface area contributed by atoms with Gasteiger partial charge in [0.15, 0.2) is 0 Å². The summed E-state index contributed by atoms with van der Waals surface area (Å²) in [6.07, 6.45) is 3.45. The van der Waals surface area contributed by atoms with Gasteiger partial charge in [0.1, 0.15) is 0 Å². The van der Waals surface area contributed by atoms with Gasteiger partial charge in [-0.15, -0.1) is 0 Å². The van der Waals surface area contributed by atoms with E-state index in [1.54, 1.807) is 12.4 Å². The van der Waals surface area contributed by atoms with E-state index >= 15 is 0 Å². The summed E-state index contributed by atoms with van der Waals surface area (Å²) in [7, 11) is 0. The lowest BCUT2D eigenvalue weighted by molar-refractivity contribution is 1.36. The van der Waals surface area contributed by atoms with Gasteiger partial charge in [0.05, 0.1) is 15.2 Å². The van der Waals surface area contributed by atoms with Crippen molar-refractivity contribution in [1.29, 1.82) is 0 Å². The molecule has 0 spiro atoms. The molecule has 2 rings (SSSR count). The smallest absolute Gasteiger partial charge is 0.0597 e. The highest BCUT2D eigenvalue weighted by atomic mass is 79.9. The number of hydrogen-bond donors (Lipinski definition) is 1. The number of nitrogen functional groups attached to an aromatic ring is 1. The molecule has 2 aromatic rings. The van der Waals surface area contributed by atoms with Crippen molar-refractivity contribution in [2.75, 3.05) is 5.73 Å². The number of halogens is 2. The highest BCUT2D eigenvalue weighted by molar-refractivity contribution is 9.10. The average Bonchev–Trinajstić information content (AvgIpc) is 2.15. The molecule has 0 atom stereocenters. The normalized spacial score (nSPS) is 10.6. The zero-order valence-corrected chi connectivity index (χ0v) is 8.93. The molecule has 0 unspecified atom stereocenters. The molecule has 0 fully saturated rings. The average molecular weight is 258 g/mol. The van der Waals surface area contributed by atoms with Crippen LogP contribution in [0.4, 0.5) is 5.69 Å². The summed E-state index contributed by atoms with van der Waals surface area (Å²) in [4.78, 5) is 4.00. The lowest BCUT2D eigenvalue weighted by Crippen LogP contribution is -1.89. The van der Waals surface area contributed by atoms with Crippen molar-refractivity contribution in [2.45, 2.75) is 0 Å². The van der Waals surface area contributed by atoms with E-state index in [-0.39, 0.29) is 0 Å². The van der Waals surface area contributed by atoms with Crippen molar-refractivity contribution < 1.29 is 0 Å². The van der Waals surface area contributed by atoms with E-state index in [2.05, 4.69) is 20.9 Å². The van der Waals surface area contributed by atoms with E-state index in [0.717, 1.165) is 15.2 Å². The van der Waals surface area contributed by atoms with E-state index in [1.807, 2.05) is 12.1 Å². The van der Waals surface area contributed by atoms with Crippen LogP contribution in [0.2, 0.25) is 5.02 Å². The summed E-state index contributed by atoms with van der Waals surface area (Å²) in [5, 5.41) is 2.53. The summed E-state index contributed by atoms with van der Waals surface area (Å²) in [5.41, 5.74) is 6.52. The van der Waals surface area contributed by atoms with Gasteiger partial charge in [-0.25, -0.2) is 0 Å². The molecule has 0 aliphatic carbocycles. The predicted molar refractivity (Wildman–Crippen MR) is 58.9 cm³/mol. The molecule has 0 saturated carbocycles. The number of rotatable bonds is 0. The highest BCUT2D eigenvalue weighted by Gasteiger charge is 2.06. The van der Waals surface area contributed by atoms with Gasteiger partial charge in [-0.05, 0) is 28.1 Å². The SMILES string of the molecule is Nc1c(Br)c(Cl)cc2cnccc12. The van der Waals surface area contributed by atoms with Crippen LogP contribution in [0.25, 0.3) is 10.8 Å². The Balaban J connectivity index is 2.94. The molecule has 0 aliphatic heterocycles. The third kappa shape index (κ3) is 1.38. The zero-order chi connectivity index (χ0) is 9.42. The fourth-order valence-electron chi connectivity index (χ4n) is 1.21. The van der Waals surface area contributed by atoms with Crippen LogP contribution in [-0.2, 0) is 0 Å². The molecule has 66 valence electrons. The molecule has 1 heterocycles. The maximum atomic E-state index is 5.94. The van der Waals surface area contributed by atoms with Crippen LogP contribution in [0.1, 0.15) is 0 Å². The van der Waals surface area contributed by atoms with Crippen LogP contribution in [0.3, 0.4) is 0 Å². The Morgan fingerprint density at radius 3 is 3.00 bits per heavy atom. The van der Waals surface area contributed by atoms with Gasteiger partial charge in [0.2, 0.25) is 0 Å². The van der Waals surface area contributed by atoms with E-state index in [9.17, 15) is 0 Å². The predicted octanol–water partition coefficient (Wildman–Crippen LogP) is 3.23. The van der Waals surface area contributed by atoms with E-state index in [4.69, 9.17) is 17.3 Å². The number of benzene rings is 1. The number of fused-ring (bicyclic) bond motifs is 1. The van der Waals surface area contributed by atoms with Crippen LogP contribution in [-0.4, -0.2) is 4.98 Å². The second-order valence-electron chi connectivity index (χ2n) is 2.68. The lowest BCUT2D eigenvalue weighted by atomic mass is 10.1. The molecule has 0 aliphatic rings. The van der Waals surface area contributed by atoms with E-state index < -0.39 is 0 Å². The molecule has 4 heteroatoms. The Bertz CT molecular complexity index is 470. The van der Waals surface area contributed by atoms with E-state index in [1.165, 1.54) is 0 Å². The third-order valence-electron chi connectivity index (χ3n) is 1.87. The van der Waals surface area contributed by atoms with Crippen molar-refractivity contribution in [2.24, 2.45) is 0 Å². The van der Waals surface area contributed by atoms with Gasteiger partial charge in [0, 0.05) is 23.2 Å². The minimum absolute atomic E-state index is 0.609. The Kier molecular flexibility index (Phi) is 2.14. The first-order valence-electron chi connectivity index (χ1n) is 3.67. The van der Waals surface area contributed by atoms with Crippen LogP contribution < -0.4 is 5.73 Å². The molecule has 2 nitrogen and oxygen atoms in total. The zero-order valence-electron chi connectivity index (χ0n) is 6.59. The van der Waals surface area contributed by atoms with Crippen molar-refractivity contribution in [1.82, 2.24) is 4.98 Å². The largest absolute Gasteiger partial charge is 0.397 e. The molecule has 1 aromatic carbocycles. The standard InChI is InChI=1S/C9H6BrClN2/c10-8-7(11)3-5-4-13-2-1-6(5)9(8)12/h1-4H,12H2. The topological polar surface area (TPSA) is 38.9 Å². The van der Waals surface area contributed by atoms with Crippen molar-refractivity contribution in [3.05, 3.63) is 34.0 Å². The van der Waals surface area contributed by atoms with Crippen molar-refractivity contribution >= 4 is 44.0 Å².